The van der Waals surface area contributed by atoms with E-state index >= 15 is 0 Å². The van der Waals surface area contributed by atoms with Gasteiger partial charge in [0.15, 0.2) is 0 Å². The average molecular weight is 461 g/mol. The van der Waals surface area contributed by atoms with Gasteiger partial charge in [-0.15, -0.1) is 0 Å². The highest BCUT2D eigenvalue weighted by molar-refractivity contribution is 6.30. The molecule has 1 aliphatic heterocycles. The van der Waals surface area contributed by atoms with E-state index in [4.69, 9.17) is 21.7 Å². The van der Waals surface area contributed by atoms with Gasteiger partial charge in [-0.2, -0.15) is 0 Å². The second-order valence-corrected chi connectivity index (χ2v) is 8.43. The first-order valence-corrected chi connectivity index (χ1v) is 11.3. The molecule has 1 aromatic carbocycles. The number of aryl methyl sites for hydroxylation is 1. The van der Waals surface area contributed by atoms with Crippen LogP contribution >= 0.6 is 11.6 Å². The maximum absolute atomic E-state index is 13.0. The Morgan fingerprint density at radius 2 is 1.75 bits per heavy atom. The van der Waals surface area contributed by atoms with Crippen LogP contribution in [0.15, 0.2) is 35.1 Å². The third-order valence-electron chi connectivity index (χ3n) is 5.61. The van der Waals surface area contributed by atoms with Gasteiger partial charge in [0.1, 0.15) is 12.4 Å². The first-order valence-electron chi connectivity index (χ1n) is 11.0. The van der Waals surface area contributed by atoms with Crippen molar-refractivity contribution in [2.45, 2.75) is 39.2 Å². The molecule has 3 rings (SSSR count). The molecule has 32 heavy (non-hydrogen) atoms. The van der Waals surface area contributed by atoms with Gasteiger partial charge in [-0.05, 0) is 18.6 Å². The first-order chi connectivity index (χ1) is 15.4. The number of aromatic nitrogens is 2. The Hall–Kier alpha value is -2.71. The monoisotopic (exact) mass is 460 g/mol. The number of carboxylic acid groups (broad SMARTS) is 1. The van der Waals surface area contributed by atoms with Gasteiger partial charge in [0.2, 0.25) is 5.91 Å². The maximum Gasteiger partial charge on any atom is 0.317 e. The lowest BCUT2D eigenvalue weighted by atomic mass is 10.1. The minimum atomic E-state index is -0.875. The molecular formula is C23H29ClN4O4. The van der Waals surface area contributed by atoms with Gasteiger partial charge in [0, 0.05) is 49.3 Å². The molecule has 2 aromatic rings. The van der Waals surface area contributed by atoms with Crippen molar-refractivity contribution in [2.75, 3.05) is 32.7 Å². The molecule has 8 nitrogen and oxygen atoms in total. The van der Waals surface area contributed by atoms with E-state index in [0.29, 0.717) is 49.1 Å². The number of amides is 1. The maximum atomic E-state index is 13.0. The summed E-state index contributed by atoms with van der Waals surface area (Å²) in [6, 6.07) is 8.63. The van der Waals surface area contributed by atoms with Crippen molar-refractivity contribution in [1.82, 2.24) is 19.4 Å². The van der Waals surface area contributed by atoms with Gasteiger partial charge in [0.25, 0.3) is 5.56 Å². The van der Waals surface area contributed by atoms with E-state index in [2.05, 4.69) is 6.92 Å². The molecule has 0 aliphatic carbocycles. The lowest BCUT2D eigenvalue weighted by Gasteiger charge is -2.34. The number of unbranched alkanes of at least 4 members (excludes halogenated alkanes) is 2. The lowest BCUT2D eigenvalue weighted by molar-refractivity contribution is -0.139. The van der Waals surface area contributed by atoms with Crippen LogP contribution in [0.5, 0.6) is 0 Å². The van der Waals surface area contributed by atoms with E-state index in [0.717, 1.165) is 24.8 Å². The molecule has 1 N–H and O–H groups in total. The molecule has 1 fully saturated rings. The quantitative estimate of drug-likeness (QED) is 0.578. The van der Waals surface area contributed by atoms with Crippen LogP contribution in [0, 0.1) is 0 Å². The third-order valence-corrected chi connectivity index (χ3v) is 5.86. The van der Waals surface area contributed by atoms with Crippen molar-refractivity contribution in [3.63, 3.8) is 0 Å². The van der Waals surface area contributed by atoms with Crippen LogP contribution in [0.3, 0.4) is 0 Å². The number of rotatable bonds is 9. The van der Waals surface area contributed by atoms with Gasteiger partial charge < -0.3 is 10.0 Å². The number of benzene rings is 1. The van der Waals surface area contributed by atoms with Gasteiger partial charge >= 0.3 is 5.97 Å². The summed E-state index contributed by atoms with van der Waals surface area (Å²) in [4.78, 5) is 45.0. The van der Waals surface area contributed by atoms with Gasteiger partial charge in [-0.25, -0.2) is 4.98 Å². The Balaban J connectivity index is 1.78. The van der Waals surface area contributed by atoms with Crippen molar-refractivity contribution < 1.29 is 14.7 Å². The second kappa shape index (κ2) is 11.2. The highest BCUT2D eigenvalue weighted by atomic mass is 35.5. The van der Waals surface area contributed by atoms with E-state index in [1.807, 2.05) is 12.1 Å². The van der Waals surface area contributed by atoms with Crippen LogP contribution < -0.4 is 5.56 Å². The summed E-state index contributed by atoms with van der Waals surface area (Å²) in [5, 5.41) is 9.54. The number of nitrogens with zero attached hydrogens (tertiary/aromatic N) is 4. The molecule has 172 valence electrons. The summed E-state index contributed by atoms with van der Waals surface area (Å²) in [6.07, 6.45) is 3.56. The predicted molar refractivity (Wildman–Crippen MR) is 123 cm³/mol. The van der Waals surface area contributed by atoms with Crippen LogP contribution in [0.25, 0.3) is 11.3 Å². The summed E-state index contributed by atoms with van der Waals surface area (Å²) < 4.78 is 1.47. The molecule has 0 radical (unpaired) electrons. The predicted octanol–water partition coefficient (Wildman–Crippen LogP) is 2.53. The summed E-state index contributed by atoms with van der Waals surface area (Å²) in [7, 11) is 0. The summed E-state index contributed by atoms with van der Waals surface area (Å²) in [5.41, 5.74) is 1.12. The molecule has 0 bridgehead atoms. The molecule has 1 aromatic heterocycles. The standard InChI is InChI=1S/C23H29ClN4O4/c1-2-3-4-5-20-25-19(17-6-8-18(24)9-7-17)14-21(29)28(20)15-22(30)27-12-10-26(11-13-27)16-23(31)32/h6-9,14H,2-5,10-13,15-16H2,1H3,(H,31,32). The molecule has 9 heteroatoms. The van der Waals surface area contributed by atoms with Crippen LogP contribution in [0.2, 0.25) is 5.02 Å². The minimum Gasteiger partial charge on any atom is -0.480 e. The average Bonchev–Trinajstić information content (AvgIpc) is 2.76. The smallest absolute Gasteiger partial charge is 0.317 e. The summed E-state index contributed by atoms with van der Waals surface area (Å²) >= 11 is 5.98. The number of hydrogen-bond donors (Lipinski definition) is 1. The largest absolute Gasteiger partial charge is 0.480 e. The number of carboxylic acids is 1. The Kier molecular flexibility index (Phi) is 8.41. The van der Waals surface area contributed by atoms with E-state index in [9.17, 15) is 14.4 Å². The molecule has 1 saturated heterocycles. The summed E-state index contributed by atoms with van der Waals surface area (Å²) in [5.74, 6) is -0.423. The van der Waals surface area contributed by atoms with Crippen LogP contribution in [-0.4, -0.2) is 69.1 Å². The van der Waals surface area contributed by atoms with Crippen molar-refractivity contribution in [3.05, 3.63) is 51.5 Å². The number of hydrogen-bond acceptors (Lipinski definition) is 5. The highest BCUT2D eigenvalue weighted by Gasteiger charge is 2.23. The molecule has 2 heterocycles. The van der Waals surface area contributed by atoms with Crippen molar-refractivity contribution in [2.24, 2.45) is 0 Å². The number of piperazine rings is 1. The number of halogens is 1. The normalized spacial score (nSPS) is 14.5. The molecule has 0 saturated carbocycles. The molecule has 0 atom stereocenters. The fourth-order valence-electron chi connectivity index (χ4n) is 3.80. The zero-order valence-corrected chi connectivity index (χ0v) is 19.1. The Labute approximate surface area is 192 Å². The molecule has 1 amide bonds. The minimum absolute atomic E-state index is 0.0286. The third kappa shape index (κ3) is 6.40. The Morgan fingerprint density at radius 3 is 2.38 bits per heavy atom. The van der Waals surface area contributed by atoms with Gasteiger partial charge in [0.05, 0.1) is 12.2 Å². The topological polar surface area (TPSA) is 95.7 Å². The van der Waals surface area contributed by atoms with Crippen molar-refractivity contribution in [1.29, 1.82) is 0 Å². The molecule has 0 unspecified atom stereocenters. The zero-order chi connectivity index (χ0) is 23.1. The van der Waals surface area contributed by atoms with Gasteiger partial charge in [-0.1, -0.05) is 43.5 Å². The first kappa shape index (κ1) is 23.9. The number of carbonyl (C=O) groups excluding carboxylic acids is 1. The summed E-state index contributed by atoms with van der Waals surface area (Å²) in [6.45, 7) is 3.92. The number of carbonyl (C=O) groups is 2. The van der Waals surface area contributed by atoms with E-state index < -0.39 is 5.97 Å². The van der Waals surface area contributed by atoms with Crippen molar-refractivity contribution in [3.8, 4) is 11.3 Å². The molecular weight excluding hydrogens is 432 g/mol. The Bertz CT molecular complexity index is 998. The van der Waals surface area contributed by atoms with E-state index in [1.54, 1.807) is 21.9 Å². The van der Waals surface area contributed by atoms with Crippen molar-refractivity contribution >= 4 is 23.5 Å². The lowest BCUT2D eigenvalue weighted by Crippen LogP contribution is -2.51. The van der Waals surface area contributed by atoms with Crippen LogP contribution in [0.1, 0.15) is 32.0 Å². The van der Waals surface area contributed by atoms with Gasteiger partial charge in [-0.3, -0.25) is 23.9 Å². The van der Waals surface area contributed by atoms with Crippen LogP contribution in [-0.2, 0) is 22.6 Å². The highest BCUT2D eigenvalue weighted by Crippen LogP contribution is 2.19. The van der Waals surface area contributed by atoms with E-state index in [-0.39, 0.29) is 24.6 Å². The fourth-order valence-corrected chi connectivity index (χ4v) is 3.92. The molecule has 0 spiro atoms. The molecule has 1 aliphatic rings. The second-order valence-electron chi connectivity index (χ2n) is 8.00. The SMILES string of the molecule is CCCCCc1nc(-c2ccc(Cl)cc2)cc(=O)n1CC(=O)N1CCN(CC(=O)O)CC1. The van der Waals surface area contributed by atoms with Crippen LogP contribution in [0.4, 0.5) is 0 Å². The zero-order valence-electron chi connectivity index (χ0n) is 18.3. The fraction of sp³-hybridized carbons (Fsp3) is 0.478. The number of aliphatic carboxylic acids is 1. The Morgan fingerprint density at radius 1 is 1.06 bits per heavy atom. The van der Waals surface area contributed by atoms with E-state index in [1.165, 1.54) is 10.6 Å².